The Balaban J connectivity index is 1.93. The van der Waals surface area contributed by atoms with Gasteiger partial charge in [-0.15, -0.1) is 0 Å². The van der Waals surface area contributed by atoms with Crippen molar-refractivity contribution in [2.45, 2.75) is 6.92 Å². The lowest BCUT2D eigenvalue weighted by molar-refractivity contribution is 1.15. The normalized spacial score (nSPS) is 11.8. The van der Waals surface area contributed by atoms with Crippen molar-refractivity contribution in [2.75, 3.05) is 16.8 Å². The average molecular weight is 445 g/mol. The summed E-state index contributed by atoms with van der Waals surface area (Å²) in [5, 5.41) is 0. The molecule has 0 aliphatic carbocycles. The van der Waals surface area contributed by atoms with Crippen molar-refractivity contribution in [2.24, 2.45) is 0 Å². The molecule has 0 bridgehead atoms. The lowest BCUT2D eigenvalue weighted by Gasteiger charge is -2.27. The van der Waals surface area contributed by atoms with E-state index in [1.165, 1.54) is 0 Å². The van der Waals surface area contributed by atoms with Gasteiger partial charge < -0.3 is 9.80 Å². The third kappa shape index (κ3) is 5.93. The van der Waals surface area contributed by atoms with Gasteiger partial charge in [0.05, 0.1) is 0 Å². The van der Waals surface area contributed by atoms with E-state index in [2.05, 4.69) is 122 Å². The SMILES string of the molecule is C=C/C=C\C=C(/C)N(c1ccccc1)c1ccc(N(C)c2cccc(/C(C=C)=C/C=C)c2)cc1. The summed E-state index contributed by atoms with van der Waals surface area (Å²) in [6.07, 6.45) is 13.4. The molecular weight excluding hydrogens is 412 g/mol. The van der Waals surface area contributed by atoms with E-state index < -0.39 is 0 Å². The molecule has 0 heterocycles. The molecule has 0 fully saturated rings. The van der Waals surface area contributed by atoms with Gasteiger partial charge in [0, 0.05) is 35.5 Å². The number of hydrogen-bond acceptors (Lipinski definition) is 2. The Bertz CT molecular complexity index is 1210. The fourth-order valence-corrected chi connectivity index (χ4v) is 3.76. The zero-order valence-corrected chi connectivity index (χ0v) is 20.1. The molecule has 0 saturated carbocycles. The number of benzene rings is 3. The van der Waals surface area contributed by atoms with E-state index in [0.29, 0.717) is 0 Å². The Labute approximate surface area is 204 Å². The minimum absolute atomic E-state index is 1.05. The maximum absolute atomic E-state index is 3.93. The van der Waals surface area contributed by atoms with Crippen molar-refractivity contribution < 1.29 is 0 Å². The van der Waals surface area contributed by atoms with E-state index in [1.54, 1.807) is 12.2 Å². The second-order valence-corrected chi connectivity index (χ2v) is 7.79. The second-order valence-electron chi connectivity index (χ2n) is 7.79. The van der Waals surface area contributed by atoms with Gasteiger partial charge in [0.25, 0.3) is 0 Å². The van der Waals surface area contributed by atoms with Crippen LogP contribution in [0, 0.1) is 0 Å². The van der Waals surface area contributed by atoms with Gasteiger partial charge in [-0.25, -0.2) is 0 Å². The summed E-state index contributed by atoms with van der Waals surface area (Å²) in [5.74, 6) is 0. The third-order valence-corrected chi connectivity index (χ3v) is 5.53. The number of anilines is 4. The first-order valence-corrected chi connectivity index (χ1v) is 11.3. The van der Waals surface area contributed by atoms with Crippen molar-refractivity contribution in [1.29, 1.82) is 0 Å². The van der Waals surface area contributed by atoms with Gasteiger partial charge in [-0.2, -0.15) is 0 Å². The minimum atomic E-state index is 1.05. The maximum Gasteiger partial charge on any atom is 0.0459 e. The van der Waals surface area contributed by atoms with Gasteiger partial charge in [0.1, 0.15) is 0 Å². The summed E-state index contributed by atoms with van der Waals surface area (Å²) in [7, 11) is 2.08. The molecule has 0 radical (unpaired) electrons. The molecule has 0 atom stereocenters. The van der Waals surface area contributed by atoms with Crippen molar-refractivity contribution in [3.63, 3.8) is 0 Å². The molecule has 0 saturated heterocycles. The quantitative estimate of drug-likeness (QED) is 0.288. The van der Waals surface area contributed by atoms with Crippen LogP contribution in [0.25, 0.3) is 5.57 Å². The molecule has 3 rings (SSSR count). The molecule has 0 aromatic heterocycles. The fourth-order valence-electron chi connectivity index (χ4n) is 3.76. The molecule has 2 heteroatoms. The highest BCUT2D eigenvalue weighted by Crippen LogP contribution is 2.33. The highest BCUT2D eigenvalue weighted by atomic mass is 15.1. The molecule has 0 amide bonds. The van der Waals surface area contributed by atoms with Crippen LogP contribution in [0.1, 0.15) is 12.5 Å². The van der Waals surface area contributed by atoms with E-state index in [9.17, 15) is 0 Å². The molecule has 3 aromatic carbocycles. The van der Waals surface area contributed by atoms with E-state index in [-0.39, 0.29) is 0 Å². The van der Waals surface area contributed by atoms with Crippen LogP contribution in [-0.2, 0) is 0 Å². The number of allylic oxidation sites excluding steroid dienone is 9. The topological polar surface area (TPSA) is 6.48 Å². The first-order chi connectivity index (χ1) is 16.6. The number of hydrogen-bond donors (Lipinski definition) is 0. The predicted octanol–water partition coefficient (Wildman–Crippen LogP) is 8.99. The lowest BCUT2D eigenvalue weighted by atomic mass is 10.0. The van der Waals surface area contributed by atoms with Crippen molar-refractivity contribution >= 4 is 28.3 Å². The third-order valence-electron chi connectivity index (χ3n) is 5.53. The number of para-hydroxylation sites is 1. The molecule has 34 heavy (non-hydrogen) atoms. The standard InChI is InChI=1S/C32H32N2/c1-6-9-11-16-26(4)34(30-18-12-10-13-19-30)31-23-21-29(22-24-31)33(5)32-20-14-17-28(25-32)27(8-3)15-7-2/h6-25H,1-3H2,4-5H3/b11-9-,26-16+,27-15+. The van der Waals surface area contributed by atoms with Crippen LogP contribution in [0.4, 0.5) is 22.7 Å². The average Bonchev–Trinajstić information content (AvgIpc) is 2.88. The van der Waals surface area contributed by atoms with Crippen LogP contribution < -0.4 is 9.80 Å². The zero-order valence-electron chi connectivity index (χ0n) is 20.1. The second kappa shape index (κ2) is 12.1. The molecular formula is C32H32N2. The minimum Gasteiger partial charge on any atom is -0.345 e. The summed E-state index contributed by atoms with van der Waals surface area (Å²) in [4.78, 5) is 4.43. The molecule has 0 unspecified atom stereocenters. The van der Waals surface area contributed by atoms with Gasteiger partial charge in [-0.05, 0) is 72.7 Å². The van der Waals surface area contributed by atoms with Crippen LogP contribution >= 0.6 is 0 Å². The summed E-state index contributed by atoms with van der Waals surface area (Å²) in [6, 6.07) is 27.4. The molecule has 0 N–H and O–H groups in total. The maximum atomic E-state index is 3.93. The van der Waals surface area contributed by atoms with E-state index in [0.717, 1.165) is 39.6 Å². The predicted molar refractivity (Wildman–Crippen MR) is 151 cm³/mol. The fraction of sp³-hybridized carbons (Fsp3) is 0.0625. The molecule has 0 aliphatic rings. The Hall–Kier alpha value is -4.30. The van der Waals surface area contributed by atoms with Crippen LogP contribution in [0.2, 0.25) is 0 Å². The molecule has 0 aliphatic heterocycles. The van der Waals surface area contributed by atoms with Crippen LogP contribution in [0.3, 0.4) is 0 Å². The Morgan fingerprint density at radius 1 is 0.676 bits per heavy atom. The van der Waals surface area contributed by atoms with Gasteiger partial charge in [0.2, 0.25) is 0 Å². The Kier molecular flexibility index (Phi) is 8.65. The van der Waals surface area contributed by atoms with E-state index >= 15 is 0 Å². The molecule has 170 valence electrons. The monoisotopic (exact) mass is 444 g/mol. The smallest absolute Gasteiger partial charge is 0.0459 e. The number of rotatable bonds is 10. The molecule has 0 spiro atoms. The van der Waals surface area contributed by atoms with E-state index in [4.69, 9.17) is 0 Å². The van der Waals surface area contributed by atoms with Crippen LogP contribution in [0.5, 0.6) is 0 Å². The van der Waals surface area contributed by atoms with Crippen molar-refractivity contribution in [3.8, 4) is 0 Å². The Morgan fingerprint density at radius 3 is 1.97 bits per heavy atom. The van der Waals surface area contributed by atoms with E-state index in [1.807, 2.05) is 30.4 Å². The lowest BCUT2D eigenvalue weighted by Crippen LogP contribution is -2.15. The van der Waals surface area contributed by atoms with Gasteiger partial charge in [-0.3, -0.25) is 0 Å². The summed E-state index contributed by atoms with van der Waals surface area (Å²) >= 11 is 0. The van der Waals surface area contributed by atoms with Crippen molar-refractivity contribution in [1.82, 2.24) is 0 Å². The highest BCUT2D eigenvalue weighted by Gasteiger charge is 2.12. The first-order valence-electron chi connectivity index (χ1n) is 11.3. The molecule has 3 aromatic rings. The van der Waals surface area contributed by atoms with Gasteiger partial charge in [0.15, 0.2) is 0 Å². The largest absolute Gasteiger partial charge is 0.345 e. The first kappa shape index (κ1) is 24.3. The summed E-state index contributed by atoms with van der Waals surface area (Å²) in [5.41, 5.74) is 7.70. The summed E-state index contributed by atoms with van der Waals surface area (Å²) in [6.45, 7) is 13.6. The Morgan fingerprint density at radius 2 is 1.32 bits per heavy atom. The highest BCUT2D eigenvalue weighted by molar-refractivity contribution is 5.78. The number of nitrogens with zero attached hydrogens (tertiary/aromatic N) is 2. The van der Waals surface area contributed by atoms with Gasteiger partial charge >= 0.3 is 0 Å². The van der Waals surface area contributed by atoms with Crippen LogP contribution in [-0.4, -0.2) is 7.05 Å². The van der Waals surface area contributed by atoms with Gasteiger partial charge in [-0.1, -0.05) is 86.5 Å². The van der Waals surface area contributed by atoms with Crippen molar-refractivity contribution in [3.05, 3.63) is 152 Å². The molecule has 2 nitrogen and oxygen atoms in total. The van der Waals surface area contributed by atoms with Crippen LogP contribution in [0.15, 0.2) is 147 Å². The summed E-state index contributed by atoms with van der Waals surface area (Å²) < 4.78 is 0. The zero-order chi connectivity index (χ0) is 24.3.